The molecular formula is C15H25NO2. The Labute approximate surface area is 111 Å². The van der Waals surface area contributed by atoms with E-state index in [4.69, 9.17) is 9.47 Å². The minimum atomic E-state index is -0.156. The molecule has 3 heteroatoms. The number of nitrogens with zero attached hydrogens (tertiary/aromatic N) is 1. The van der Waals surface area contributed by atoms with Gasteiger partial charge in [-0.15, -0.1) is 0 Å². The first kappa shape index (κ1) is 15.0. The first-order chi connectivity index (χ1) is 8.17. The van der Waals surface area contributed by atoms with Gasteiger partial charge in [0.2, 0.25) is 0 Å². The van der Waals surface area contributed by atoms with E-state index in [0.29, 0.717) is 13.2 Å². The molecule has 1 heterocycles. The van der Waals surface area contributed by atoms with Gasteiger partial charge in [0.25, 0.3) is 0 Å². The molecule has 0 aliphatic carbocycles. The first-order valence-electron chi connectivity index (χ1n) is 6.37. The predicted molar refractivity (Wildman–Crippen MR) is 73.7 cm³/mol. The van der Waals surface area contributed by atoms with Gasteiger partial charge in [0.15, 0.2) is 0 Å². The van der Waals surface area contributed by atoms with E-state index in [0.717, 1.165) is 11.3 Å². The van der Waals surface area contributed by atoms with Gasteiger partial charge in [0, 0.05) is 18.0 Å². The summed E-state index contributed by atoms with van der Waals surface area (Å²) < 4.78 is 11.6. The van der Waals surface area contributed by atoms with E-state index in [9.17, 15) is 0 Å². The van der Waals surface area contributed by atoms with Crippen LogP contribution in [0.3, 0.4) is 0 Å². The van der Waals surface area contributed by atoms with Gasteiger partial charge in [-0.3, -0.25) is 4.98 Å². The third kappa shape index (κ3) is 6.01. The molecule has 0 fully saturated rings. The largest absolute Gasteiger partial charge is 0.493 e. The molecule has 18 heavy (non-hydrogen) atoms. The molecule has 0 atom stereocenters. The van der Waals surface area contributed by atoms with Crippen molar-refractivity contribution in [2.45, 2.75) is 53.8 Å². The molecule has 0 bridgehead atoms. The zero-order valence-corrected chi connectivity index (χ0v) is 12.4. The zero-order chi connectivity index (χ0) is 13.8. The molecule has 0 amide bonds. The number of aromatic nitrogens is 1. The van der Waals surface area contributed by atoms with Gasteiger partial charge in [0.05, 0.1) is 18.8 Å². The Hall–Kier alpha value is -1.09. The lowest BCUT2D eigenvalue weighted by Gasteiger charge is -2.22. The highest BCUT2D eigenvalue weighted by molar-refractivity contribution is 5.29. The fourth-order valence-electron chi connectivity index (χ4n) is 1.25. The van der Waals surface area contributed by atoms with E-state index in [2.05, 4.69) is 25.8 Å². The van der Waals surface area contributed by atoms with Crippen LogP contribution in [-0.4, -0.2) is 17.2 Å². The molecule has 0 saturated heterocycles. The van der Waals surface area contributed by atoms with Crippen molar-refractivity contribution < 1.29 is 9.47 Å². The maximum absolute atomic E-state index is 5.85. The summed E-state index contributed by atoms with van der Waals surface area (Å²) in [5, 5.41) is 0. The van der Waals surface area contributed by atoms with Crippen LogP contribution in [0, 0.1) is 5.41 Å². The predicted octanol–water partition coefficient (Wildman–Crippen LogP) is 3.82. The van der Waals surface area contributed by atoms with Gasteiger partial charge in [-0.05, 0) is 32.3 Å². The summed E-state index contributed by atoms with van der Waals surface area (Å²) in [4.78, 5) is 4.13. The zero-order valence-electron chi connectivity index (χ0n) is 12.4. The van der Waals surface area contributed by atoms with Crippen LogP contribution in [-0.2, 0) is 11.3 Å². The minimum absolute atomic E-state index is 0.144. The van der Waals surface area contributed by atoms with Crippen LogP contribution in [0.1, 0.15) is 47.1 Å². The van der Waals surface area contributed by atoms with Crippen molar-refractivity contribution in [2.75, 3.05) is 6.61 Å². The smallest absolute Gasteiger partial charge is 0.127 e. The number of pyridine rings is 1. The lowest BCUT2D eigenvalue weighted by molar-refractivity contribution is -0.0161. The Morgan fingerprint density at radius 1 is 1.11 bits per heavy atom. The Morgan fingerprint density at radius 2 is 1.78 bits per heavy atom. The van der Waals surface area contributed by atoms with E-state index >= 15 is 0 Å². The van der Waals surface area contributed by atoms with Crippen molar-refractivity contribution in [2.24, 2.45) is 5.41 Å². The number of hydrogen-bond acceptors (Lipinski definition) is 3. The number of ether oxygens (including phenoxy) is 2. The molecule has 0 aliphatic heterocycles. The Kier molecular flexibility index (Phi) is 4.74. The van der Waals surface area contributed by atoms with E-state index in [-0.39, 0.29) is 11.0 Å². The Bertz CT molecular complexity index is 338. The van der Waals surface area contributed by atoms with Crippen LogP contribution < -0.4 is 4.74 Å². The van der Waals surface area contributed by atoms with Gasteiger partial charge in [-0.25, -0.2) is 0 Å². The van der Waals surface area contributed by atoms with Crippen molar-refractivity contribution in [3.63, 3.8) is 0 Å². The Balaban J connectivity index is 2.68. The van der Waals surface area contributed by atoms with E-state index in [1.165, 1.54) is 0 Å². The fourth-order valence-corrected chi connectivity index (χ4v) is 1.25. The van der Waals surface area contributed by atoms with Crippen molar-refractivity contribution >= 4 is 0 Å². The third-order valence-electron chi connectivity index (χ3n) is 2.18. The van der Waals surface area contributed by atoms with Crippen LogP contribution in [0.25, 0.3) is 0 Å². The fraction of sp³-hybridized carbons (Fsp3) is 0.667. The van der Waals surface area contributed by atoms with Crippen LogP contribution in [0.2, 0.25) is 0 Å². The van der Waals surface area contributed by atoms with Crippen molar-refractivity contribution in [1.82, 2.24) is 4.98 Å². The molecule has 0 aliphatic rings. The molecule has 102 valence electrons. The Morgan fingerprint density at radius 3 is 2.33 bits per heavy atom. The van der Waals surface area contributed by atoms with Crippen LogP contribution in [0.5, 0.6) is 5.75 Å². The second kappa shape index (κ2) is 5.70. The standard InChI is InChI=1S/C15H25NO2/c1-14(2,3)11-17-13-7-8-16-9-12(13)10-18-15(4,5)6/h7-9H,10-11H2,1-6H3. The van der Waals surface area contributed by atoms with E-state index < -0.39 is 0 Å². The molecule has 0 spiro atoms. The molecule has 3 nitrogen and oxygen atoms in total. The summed E-state index contributed by atoms with van der Waals surface area (Å²) in [5.41, 5.74) is 0.986. The number of hydrogen-bond donors (Lipinski definition) is 0. The average molecular weight is 251 g/mol. The SMILES string of the molecule is CC(C)(C)COc1ccncc1COC(C)(C)C. The van der Waals surface area contributed by atoms with Crippen molar-refractivity contribution in [1.29, 1.82) is 0 Å². The molecule has 1 rings (SSSR count). The van der Waals surface area contributed by atoms with Crippen LogP contribution >= 0.6 is 0 Å². The molecule has 0 saturated carbocycles. The minimum Gasteiger partial charge on any atom is -0.493 e. The summed E-state index contributed by atoms with van der Waals surface area (Å²) in [7, 11) is 0. The second-order valence-corrected chi connectivity index (χ2v) is 6.73. The first-order valence-corrected chi connectivity index (χ1v) is 6.37. The molecule has 0 aromatic carbocycles. The summed E-state index contributed by atoms with van der Waals surface area (Å²) >= 11 is 0. The second-order valence-electron chi connectivity index (χ2n) is 6.73. The molecule has 1 aromatic heterocycles. The quantitative estimate of drug-likeness (QED) is 0.815. The topological polar surface area (TPSA) is 31.4 Å². The molecular weight excluding hydrogens is 226 g/mol. The summed E-state index contributed by atoms with van der Waals surface area (Å²) in [6, 6.07) is 1.90. The van der Waals surface area contributed by atoms with Gasteiger partial charge in [-0.2, -0.15) is 0 Å². The van der Waals surface area contributed by atoms with Crippen molar-refractivity contribution in [3.8, 4) is 5.75 Å². The summed E-state index contributed by atoms with van der Waals surface area (Å²) in [6.45, 7) is 13.8. The normalized spacial score (nSPS) is 12.6. The third-order valence-corrected chi connectivity index (χ3v) is 2.18. The maximum atomic E-state index is 5.85. The molecule has 1 aromatic rings. The summed E-state index contributed by atoms with van der Waals surface area (Å²) in [5.74, 6) is 0.865. The molecule has 0 radical (unpaired) electrons. The average Bonchev–Trinajstić information content (AvgIpc) is 2.22. The van der Waals surface area contributed by atoms with E-state index in [1.807, 2.05) is 33.0 Å². The van der Waals surface area contributed by atoms with Gasteiger partial charge in [0.1, 0.15) is 5.75 Å². The molecule has 0 N–H and O–H groups in total. The highest BCUT2D eigenvalue weighted by atomic mass is 16.5. The van der Waals surface area contributed by atoms with Crippen LogP contribution in [0.4, 0.5) is 0 Å². The van der Waals surface area contributed by atoms with Crippen molar-refractivity contribution in [3.05, 3.63) is 24.0 Å². The highest BCUT2D eigenvalue weighted by Crippen LogP contribution is 2.23. The molecule has 0 unspecified atom stereocenters. The van der Waals surface area contributed by atoms with Gasteiger partial charge in [-0.1, -0.05) is 20.8 Å². The van der Waals surface area contributed by atoms with Gasteiger partial charge >= 0.3 is 0 Å². The lowest BCUT2D eigenvalue weighted by atomic mass is 9.99. The maximum Gasteiger partial charge on any atom is 0.127 e. The lowest BCUT2D eigenvalue weighted by Crippen LogP contribution is -2.20. The van der Waals surface area contributed by atoms with E-state index in [1.54, 1.807) is 6.20 Å². The highest BCUT2D eigenvalue weighted by Gasteiger charge is 2.15. The van der Waals surface area contributed by atoms with Crippen LogP contribution in [0.15, 0.2) is 18.5 Å². The number of rotatable bonds is 4. The van der Waals surface area contributed by atoms with Gasteiger partial charge < -0.3 is 9.47 Å². The summed E-state index contributed by atoms with van der Waals surface area (Å²) in [6.07, 6.45) is 3.56. The monoisotopic (exact) mass is 251 g/mol.